The summed E-state index contributed by atoms with van der Waals surface area (Å²) >= 11 is 0. The maximum Gasteiger partial charge on any atom is 0.139 e. The van der Waals surface area contributed by atoms with E-state index in [2.05, 4.69) is 0 Å². The number of Topliss-reactive ketones (excluding diaryl/α,β-unsaturated/α-hetero) is 1. The van der Waals surface area contributed by atoms with Gasteiger partial charge in [0, 0.05) is 24.9 Å². The van der Waals surface area contributed by atoms with Gasteiger partial charge in [0.15, 0.2) is 0 Å². The Hall–Kier alpha value is -0.410. The van der Waals surface area contributed by atoms with Crippen molar-refractivity contribution in [1.82, 2.24) is 4.90 Å². The molecule has 0 fully saturated rings. The largest absolute Gasteiger partial charge is 0.392 e. The Kier molecular flexibility index (Phi) is 5.31. The zero-order valence-corrected chi connectivity index (χ0v) is 10.0. The number of aliphatic hydroxyl groups excluding tert-OH is 1. The Morgan fingerprint density at radius 2 is 1.93 bits per heavy atom. The molecule has 1 unspecified atom stereocenters. The Bertz CT molecular complexity index is 182. The molecule has 0 bridgehead atoms. The van der Waals surface area contributed by atoms with Crippen molar-refractivity contribution < 1.29 is 9.90 Å². The number of hydrogen-bond donors (Lipinski definition) is 1. The zero-order chi connectivity index (χ0) is 11.4. The fourth-order valence-corrected chi connectivity index (χ4v) is 1.21. The van der Waals surface area contributed by atoms with Crippen molar-refractivity contribution in [3.63, 3.8) is 0 Å². The van der Waals surface area contributed by atoms with Gasteiger partial charge >= 0.3 is 0 Å². The minimum Gasteiger partial charge on any atom is -0.392 e. The summed E-state index contributed by atoms with van der Waals surface area (Å²) in [4.78, 5) is 13.5. The van der Waals surface area contributed by atoms with E-state index in [-0.39, 0.29) is 17.3 Å². The summed E-state index contributed by atoms with van der Waals surface area (Å²) in [7, 11) is 1.92. The van der Waals surface area contributed by atoms with Gasteiger partial charge in [0.1, 0.15) is 5.78 Å². The molecule has 3 heteroatoms. The van der Waals surface area contributed by atoms with E-state index in [0.717, 1.165) is 6.54 Å². The molecule has 0 saturated heterocycles. The van der Waals surface area contributed by atoms with Crippen LogP contribution in [0.15, 0.2) is 0 Å². The minimum atomic E-state index is -0.329. The summed E-state index contributed by atoms with van der Waals surface area (Å²) in [6.45, 7) is 8.90. The van der Waals surface area contributed by atoms with E-state index in [1.807, 2.05) is 32.7 Å². The molecule has 0 aliphatic heterocycles. The first-order chi connectivity index (χ1) is 6.23. The van der Waals surface area contributed by atoms with Gasteiger partial charge in [-0.05, 0) is 14.0 Å². The van der Waals surface area contributed by atoms with Crippen molar-refractivity contribution in [2.45, 2.75) is 40.2 Å². The van der Waals surface area contributed by atoms with E-state index >= 15 is 0 Å². The van der Waals surface area contributed by atoms with Crippen molar-refractivity contribution in [2.75, 3.05) is 20.1 Å². The van der Waals surface area contributed by atoms with Crippen LogP contribution in [0.1, 0.15) is 34.1 Å². The fraction of sp³-hybridized carbons (Fsp3) is 0.909. The number of aliphatic hydroxyl groups is 1. The molecule has 0 saturated carbocycles. The van der Waals surface area contributed by atoms with E-state index in [4.69, 9.17) is 5.11 Å². The molecule has 0 radical (unpaired) electrons. The number of likely N-dealkylation sites (N-methyl/N-ethyl adjacent to an activating group) is 1. The van der Waals surface area contributed by atoms with Gasteiger partial charge in [0.2, 0.25) is 0 Å². The molecule has 0 heterocycles. The van der Waals surface area contributed by atoms with Crippen LogP contribution in [0.3, 0.4) is 0 Å². The predicted molar refractivity (Wildman–Crippen MR) is 58.3 cm³/mol. The number of hydrogen-bond acceptors (Lipinski definition) is 3. The second-order valence-corrected chi connectivity index (χ2v) is 5.03. The molecule has 0 aliphatic carbocycles. The lowest BCUT2D eigenvalue weighted by atomic mass is 9.89. The van der Waals surface area contributed by atoms with Crippen molar-refractivity contribution in [2.24, 2.45) is 5.41 Å². The molecule has 0 aromatic carbocycles. The summed E-state index contributed by atoms with van der Waals surface area (Å²) in [5, 5.41) is 9.12. The topological polar surface area (TPSA) is 40.5 Å². The molecular formula is C11H23NO2. The lowest BCUT2D eigenvalue weighted by Gasteiger charge is -2.21. The molecule has 0 amide bonds. The second kappa shape index (κ2) is 5.47. The number of ketones is 1. The lowest BCUT2D eigenvalue weighted by Crippen LogP contribution is -2.31. The third-order valence-electron chi connectivity index (χ3n) is 2.13. The highest BCUT2D eigenvalue weighted by atomic mass is 16.3. The molecule has 0 aliphatic rings. The Balaban J connectivity index is 3.78. The second-order valence-electron chi connectivity index (χ2n) is 5.03. The van der Waals surface area contributed by atoms with Crippen molar-refractivity contribution >= 4 is 5.78 Å². The SMILES string of the molecule is CC(O)CN(C)CCC(=O)C(C)(C)C. The van der Waals surface area contributed by atoms with Crippen LogP contribution < -0.4 is 0 Å². The molecular weight excluding hydrogens is 178 g/mol. The van der Waals surface area contributed by atoms with Crippen molar-refractivity contribution in [3.8, 4) is 0 Å². The Morgan fingerprint density at radius 3 is 2.29 bits per heavy atom. The van der Waals surface area contributed by atoms with Gasteiger partial charge in [-0.3, -0.25) is 4.79 Å². The maximum absolute atomic E-state index is 11.6. The fourth-order valence-electron chi connectivity index (χ4n) is 1.21. The number of carbonyl (C=O) groups excluding carboxylic acids is 1. The normalized spacial score (nSPS) is 14.5. The van der Waals surface area contributed by atoms with Crippen LogP contribution in [0.2, 0.25) is 0 Å². The van der Waals surface area contributed by atoms with E-state index in [1.54, 1.807) is 6.92 Å². The van der Waals surface area contributed by atoms with E-state index in [9.17, 15) is 4.79 Å². The summed E-state index contributed by atoms with van der Waals surface area (Å²) in [6.07, 6.45) is 0.233. The zero-order valence-electron chi connectivity index (χ0n) is 10.0. The van der Waals surface area contributed by atoms with Gasteiger partial charge in [-0.2, -0.15) is 0 Å². The molecule has 14 heavy (non-hydrogen) atoms. The van der Waals surface area contributed by atoms with Crippen molar-refractivity contribution in [1.29, 1.82) is 0 Å². The van der Waals surface area contributed by atoms with Crippen molar-refractivity contribution in [3.05, 3.63) is 0 Å². The van der Waals surface area contributed by atoms with Gasteiger partial charge < -0.3 is 10.0 Å². The first-order valence-corrected chi connectivity index (χ1v) is 5.13. The third kappa shape index (κ3) is 6.11. The lowest BCUT2D eigenvalue weighted by molar-refractivity contribution is -0.126. The van der Waals surface area contributed by atoms with Gasteiger partial charge in [-0.15, -0.1) is 0 Å². The summed E-state index contributed by atoms with van der Waals surface area (Å²) in [5.41, 5.74) is -0.244. The van der Waals surface area contributed by atoms with Gasteiger partial charge in [0.05, 0.1) is 6.10 Å². The van der Waals surface area contributed by atoms with Crippen LogP contribution in [0.5, 0.6) is 0 Å². The van der Waals surface area contributed by atoms with Crippen LogP contribution in [0.4, 0.5) is 0 Å². The van der Waals surface area contributed by atoms with Crippen LogP contribution in [0.25, 0.3) is 0 Å². The van der Waals surface area contributed by atoms with Crippen LogP contribution in [0, 0.1) is 5.41 Å². The summed E-state index contributed by atoms with van der Waals surface area (Å²) < 4.78 is 0. The first kappa shape index (κ1) is 13.6. The highest BCUT2D eigenvalue weighted by Crippen LogP contribution is 2.16. The summed E-state index contributed by atoms with van der Waals surface area (Å²) in [5.74, 6) is 0.273. The molecule has 1 N–H and O–H groups in total. The minimum absolute atomic E-state index is 0.244. The highest BCUT2D eigenvalue weighted by molar-refractivity contribution is 5.83. The first-order valence-electron chi connectivity index (χ1n) is 5.13. The summed E-state index contributed by atoms with van der Waals surface area (Å²) in [6, 6.07) is 0. The van der Waals surface area contributed by atoms with Crippen LogP contribution >= 0.6 is 0 Å². The van der Waals surface area contributed by atoms with Gasteiger partial charge in [0.25, 0.3) is 0 Å². The highest BCUT2D eigenvalue weighted by Gasteiger charge is 2.20. The van der Waals surface area contributed by atoms with Crippen LogP contribution in [-0.4, -0.2) is 42.0 Å². The molecule has 0 aromatic rings. The quantitative estimate of drug-likeness (QED) is 0.729. The number of rotatable bonds is 5. The van der Waals surface area contributed by atoms with Crippen LogP contribution in [-0.2, 0) is 4.79 Å². The maximum atomic E-state index is 11.6. The number of carbonyl (C=O) groups is 1. The van der Waals surface area contributed by atoms with Gasteiger partial charge in [-0.25, -0.2) is 0 Å². The third-order valence-corrected chi connectivity index (χ3v) is 2.13. The molecule has 3 nitrogen and oxygen atoms in total. The van der Waals surface area contributed by atoms with E-state index in [1.165, 1.54) is 0 Å². The average molecular weight is 201 g/mol. The Morgan fingerprint density at radius 1 is 1.43 bits per heavy atom. The molecule has 1 atom stereocenters. The Labute approximate surface area is 87.1 Å². The van der Waals surface area contributed by atoms with E-state index in [0.29, 0.717) is 13.0 Å². The molecule has 0 rings (SSSR count). The molecule has 0 spiro atoms. The molecule has 0 aromatic heterocycles. The monoisotopic (exact) mass is 201 g/mol. The van der Waals surface area contributed by atoms with Gasteiger partial charge in [-0.1, -0.05) is 20.8 Å². The number of nitrogens with zero attached hydrogens (tertiary/aromatic N) is 1. The van der Waals surface area contributed by atoms with E-state index < -0.39 is 0 Å². The smallest absolute Gasteiger partial charge is 0.139 e. The standard InChI is InChI=1S/C11H23NO2/c1-9(13)8-12(5)7-6-10(14)11(2,3)4/h9,13H,6-8H2,1-5H3. The predicted octanol–water partition coefficient (Wildman–Crippen LogP) is 1.30. The molecule has 84 valence electrons. The average Bonchev–Trinajstić information content (AvgIpc) is 1.96.